The van der Waals surface area contributed by atoms with Crippen LogP contribution in [0, 0.1) is 11.3 Å². The Morgan fingerprint density at radius 2 is 2.27 bits per heavy atom. The first-order valence-electron chi connectivity index (χ1n) is 4.68. The van der Waals surface area contributed by atoms with Gasteiger partial charge in [-0.05, 0) is 24.5 Å². The molecule has 1 rings (SSSR count). The van der Waals surface area contributed by atoms with Crippen molar-refractivity contribution in [2.24, 2.45) is 0 Å². The van der Waals surface area contributed by atoms with Gasteiger partial charge in [-0.15, -0.1) is 0 Å². The highest BCUT2D eigenvalue weighted by Gasteiger charge is 2.03. The molecule has 0 aliphatic rings. The number of hydrogen-bond donors (Lipinski definition) is 1. The second kappa shape index (κ2) is 5.52. The zero-order chi connectivity index (χ0) is 11.3. The third-order valence-corrected chi connectivity index (χ3v) is 2.82. The standard InChI is InChI=1S/C11H15N3S/c1-14(5-6-15-2)10-4-3-9(8-12)11(13)7-10/h3-4,7H,5-6,13H2,1-2H3. The second-order valence-electron chi connectivity index (χ2n) is 3.30. The number of benzene rings is 1. The van der Waals surface area contributed by atoms with E-state index >= 15 is 0 Å². The largest absolute Gasteiger partial charge is 0.398 e. The van der Waals surface area contributed by atoms with Crippen molar-refractivity contribution in [3.05, 3.63) is 23.8 Å². The molecule has 2 N–H and O–H groups in total. The van der Waals surface area contributed by atoms with Gasteiger partial charge >= 0.3 is 0 Å². The minimum Gasteiger partial charge on any atom is -0.398 e. The van der Waals surface area contributed by atoms with Crippen LogP contribution in [0.2, 0.25) is 0 Å². The summed E-state index contributed by atoms with van der Waals surface area (Å²) in [6.07, 6.45) is 2.08. The summed E-state index contributed by atoms with van der Waals surface area (Å²) in [6, 6.07) is 7.59. The van der Waals surface area contributed by atoms with Crippen LogP contribution in [0.4, 0.5) is 11.4 Å². The minimum atomic E-state index is 0.539. The molecule has 0 saturated heterocycles. The van der Waals surface area contributed by atoms with E-state index in [1.807, 2.05) is 30.9 Å². The Morgan fingerprint density at radius 1 is 1.53 bits per heavy atom. The van der Waals surface area contributed by atoms with Crippen LogP contribution < -0.4 is 10.6 Å². The first kappa shape index (κ1) is 11.7. The monoisotopic (exact) mass is 221 g/mol. The van der Waals surface area contributed by atoms with Crippen LogP contribution in [-0.2, 0) is 0 Å². The Labute approximate surface area is 94.9 Å². The number of nitrogens with two attached hydrogens (primary N) is 1. The lowest BCUT2D eigenvalue weighted by Crippen LogP contribution is -2.20. The molecular weight excluding hydrogens is 206 g/mol. The quantitative estimate of drug-likeness (QED) is 0.789. The van der Waals surface area contributed by atoms with Gasteiger partial charge in [0, 0.05) is 25.0 Å². The molecule has 0 unspecified atom stereocenters. The van der Waals surface area contributed by atoms with E-state index in [-0.39, 0.29) is 0 Å². The number of nitrogen functional groups attached to an aromatic ring is 1. The second-order valence-corrected chi connectivity index (χ2v) is 4.28. The summed E-state index contributed by atoms with van der Waals surface area (Å²) >= 11 is 1.81. The van der Waals surface area contributed by atoms with E-state index in [4.69, 9.17) is 11.0 Å². The van der Waals surface area contributed by atoms with Crippen LogP contribution in [-0.4, -0.2) is 25.6 Å². The molecule has 80 valence electrons. The molecule has 1 aromatic carbocycles. The lowest BCUT2D eigenvalue weighted by molar-refractivity contribution is 0.978. The summed E-state index contributed by atoms with van der Waals surface area (Å²) in [5, 5.41) is 8.74. The molecule has 1 aromatic rings. The van der Waals surface area contributed by atoms with Gasteiger partial charge in [-0.3, -0.25) is 0 Å². The van der Waals surface area contributed by atoms with Crippen molar-refractivity contribution in [1.82, 2.24) is 0 Å². The maximum Gasteiger partial charge on any atom is 0.101 e. The number of nitrogens with zero attached hydrogens (tertiary/aromatic N) is 2. The minimum absolute atomic E-state index is 0.539. The van der Waals surface area contributed by atoms with Gasteiger partial charge in [0.05, 0.1) is 11.3 Å². The highest BCUT2D eigenvalue weighted by atomic mass is 32.2. The fourth-order valence-electron chi connectivity index (χ4n) is 1.25. The summed E-state index contributed by atoms with van der Waals surface area (Å²) in [5.74, 6) is 1.08. The topological polar surface area (TPSA) is 53.0 Å². The molecule has 0 amide bonds. The lowest BCUT2D eigenvalue weighted by Gasteiger charge is -2.19. The maximum absolute atomic E-state index is 8.74. The molecule has 0 bridgehead atoms. The molecule has 3 nitrogen and oxygen atoms in total. The lowest BCUT2D eigenvalue weighted by atomic mass is 10.1. The summed E-state index contributed by atoms with van der Waals surface area (Å²) in [5.41, 5.74) is 7.89. The fourth-order valence-corrected chi connectivity index (χ4v) is 1.70. The molecule has 0 spiro atoms. The molecule has 0 fully saturated rings. The van der Waals surface area contributed by atoms with Gasteiger partial charge in [-0.1, -0.05) is 0 Å². The third kappa shape index (κ3) is 3.07. The Kier molecular flexibility index (Phi) is 4.32. The Morgan fingerprint density at radius 3 is 2.80 bits per heavy atom. The molecule has 0 aliphatic heterocycles. The van der Waals surface area contributed by atoms with Gasteiger partial charge in [0.2, 0.25) is 0 Å². The van der Waals surface area contributed by atoms with Crippen LogP contribution in [0.25, 0.3) is 0 Å². The maximum atomic E-state index is 8.74. The fraction of sp³-hybridized carbons (Fsp3) is 0.364. The number of anilines is 2. The normalized spacial score (nSPS) is 9.67. The molecule has 0 saturated carbocycles. The average Bonchev–Trinajstić information content (AvgIpc) is 2.25. The molecule has 0 atom stereocenters. The predicted molar refractivity (Wildman–Crippen MR) is 67.2 cm³/mol. The summed E-state index contributed by atoms with van der Waals surface area (Å²) in [7, 11) is 2.02. The van der Waals surface area contributed by atoms with Crippen molar-refractivity contribution in [2.45, 2.75) is 0 Å². The van der Waals surface area contributed by atoms with Gasteiger partial charge in [-0.25, -0.2) is 0 Å². The van der Waals surface area contributed by atoms with Crippen LogP contribution >= 0.6 is 11.8 Å². The number of hydrogen-bond acceptors (Lipinski definition) is 4. The van der Waals surface area contributed by atoms with Crippen LogP contribution in [0.1, 0.15) is 5.56 Å². The van der Waals surface area contributed by atoms with Gasteiger partial charge in [0.25, 0.3) is 0 Å². The van der Waals surface area contributed by atoms with E-state index in [0.717, 1.165) is 18.0 Å². The third-order valence-electron chi connectivity index (χ3n) is 2.23. The molecule has 15 heavy (non-hydrogen) atoms. The van der Waals surface area contributed by atoms with Crippen molar-refractivity contribution in [1.29, 1.82) is 5.26 Å². The van der Waals surface area contributed by atoms with Gasteiger partial charge in [0.1, 0.15) is 6.07 Å². The SMILES string of the molecule is CSCCN(C)c1ccc(C#N)c(N)c1. The van der Waals surface area contributed by atoms with Crippen molar-refractivity contribution >= 4 is 23.1 Å². The zero-order valence-electron chi connectivity index (χ0n) is 9.03. The van der Waals surface area contributed by atoms with E-state index in [0.29, 0.717) is 11.3 Å². The summed E-state index contributed by atoms with van der Waals surface area (Å²) in [4.78, 5) is 2.13. The Bertz CT molecular complexity index is 371. The smallest absolute Gasteiger partial charge is 0.101 e. The first-order valence-corrected chi connectivity index (χ1v) is 6.08. The van der Waals surface area contributed by atoms with E-state index < -0.39 is 0 Å². The van der Waals surface area contributed by atoms with Crippen molar-refractivity contribution in [2.75, 3.05) is 36.2 Å². The molecule has 0 radical (unpaired) electrons. The van der Waals surface area contributed by atoms with E-state index in [9.17, 15) is 0 Å². The van der Waals surface area contributed by atoms with Crippen molar-refractivity contribution in [3.8, 4) is 6.07 Å². The molecular formula is C11H15N3S. The molecule has 4 heteroatoms. The highest BCUT2D eigenvalue weighted by molar-refractivity contribution is 7.98. The Balaban J connectivity index is 2.79. The zero-order valence-corrected chi connectivity index (χ0v) is 9.84. The van der Waals surface area contributed by atoms with Crippen molar-refractivity contribution in [3.63, 3.8) is 0 Å². The van der Waals surface area contributed by atoms with E-state index in [2.05, 4.69) is 17.2 Å². The van der Waals surface area contributed by atoms with Gasteiger partial charge in [-0.2, -0.15) is 17.0 Å². The average molecular weight is 221 g/mol. The molecule has 0 aromatic heterocycles. The number of thioether (sulfide) groups is 1. The summed E-state index contributed by atoms with van der Waals surface area (Å²) in [6.45, 7) is 0.979. The number of nitriles is 1. The van der Waals surface area contributed by atoms with Gasteiger partial charge in [0.15, 0.2) is 0 Å². The molecule has 0 aliphatic carbocycles. The van der Waals surface area contributed by atoms with E-state index in [1.165, 1.54) is 0 Å². The predicted octanol–water partition coefficient (Wildman–Crippen LogP) is 1.94. The van der Waals surface area contributed by atoms with Crippen LogP contribution in [0.5, 0.6) is 0 Å². The van der Waals surface area contributed by atoms with Crippen LogP contribution in [0.15, 0.2) is 18.2 Å². The first-order chi connectivity index (χ1) is 7.19. The van der Waals surface area contributed by atoms with Crippen LogP contribution in [0.3, 0.4) is 0 Å². The van der Waals surface area contributed by atoms with E-state index in [1.54, 1.807) is 6.07 Å². The van der Waals surface area contributed by atoms with Crippen molar-refractivity contribution < 1.29 is 0 Å². The number of rotatable bonds is 4. The molecule has 0 heterocycles. The Hall–Kier alpha value is -1.34. The highest BCUT2D eigenvalue weighted by Crippen LogP contribution is 2.20. The summed E-state index contributed by atoms with van der Waals surface area (Å²) < 4.78 is 0. The van der Waals surface area contributed by atoms with Gasteiger partial charge < -0.3 is 10.6 Å².